The van der Waals surface area contributed by atoms with Crippen molar-refractivity contribution in [3.63, 3.8) is 0 Å². The molecule has 10 heteroatoms. The monoisotopic (exact) mass is 350 g/mol. The molecule has 1 fully saturated rings. The zero-order chi connectivity index (χ0) is 18.4. The predicted molar refractivity (Wildman–Crippen MR) is 73.1 cm³/mol. The highest BCUT2D eigenvalue weighted by Gasteiger charge is 2.52. The molecule has 2 unspecified atom stereocenters. The molecule has 0 amide bonds. The molecule has 0 saturated carbocycles. The van der Waals surface area contributed by atoms with Crippen LogP contribution in [0.5, 0.6) is 0 Å². The van der Waals surface area contributed by atoms with Crippen molar-refractivity contribution in [2.75, 3.05) is 6.61 Å². The van der Waals surface area contributed by atoms with E-state index in [0.717, 1.165) is 27.7 Å². The van der Waals surface area contributed by atoms with Gasteiger partial charge in [-0.15, -0.1) is 0 Å². The van der Waals surface area contributed by atoms with E-state index in [4.69, 9.17) is 23.7 Å². The lowest BCUT2D eigenvalue weighted by Gasteiger charge is -2.41. The van der Waals surface area contributed by atoms with Crippen LogP contribution in [0.1, 0.15) is 27.7 Å². The Labute approximate surface area is 137 Å². The highest BCUT2D eigenvalue weighted by atomic mass is 19.1. The van der Waals surface area contributed by atoms with Crippen molar-refractivity contribution in [3.8, 4) is 0 Å². The first-order valence-electron chi connectivity index (χ1n) is 7.06. The molecular weight excluding hydrogens is 331 g/mol. The average Bonchev–Trinajstić information content (AvgIpc) is 2.42. The molecule has 0 N–H and O–H groups in total. The fourth-order valence-corrected chi connectivity index (χ4v) is 2.18. The number of rotatable bonds is 5. The van der Waals surface area contributed by atoms with Crippen LogP contribution >= 0.6 is 0 Å². The van der Waals surface area contributed by atoms with Crippen molar-refractivity contribution in [2.24, 2.45) is 0 Å². The Bertz CT molecular complexity index is 506. The molecule has 0 bridgehead atoms. The Morgan fingerprint density at radius 3 is 1.71 bits per heavy atom. The second-order valence-electron chi connectivity index (χ2n) is 5.05. The minimum atomic E-state index is -2.18. The summed E-state index contributed by atoms with van der Waals surface area (Å²) in [5.74, 6) is -3.09. The molecule has 0 aromatic carbocycles. The van der Waals surface area contributed by atoms with Crippen LogP contribution in [-0.2, 0) is 42.9 Å². The smallest absolute Gasteiger partial charge is 0.303 e. The summed E-state index contributed by atoms with van der Waals surface area (Å²) in [6.45, 7) is 3.85. The number of halogens is 1. The number of esters is 4. The summed E-state index contributed by atoms with van der Waals surface area (Å²) in [5.41, 5.74) is 0. The fourth-order valence-electron chi connectivity index (χ4n) is 2.18. The first-order valence-corrected chi connectivity index (χ1v) is 7.06. The van der Waals surface area contributed by atoms with Crippen LogP contribution in [-0.4, -0.2) is 61.3 Å². The van der Waals surface area contributed by atoms with Crippen LogP contribution in [0.4, 0.5) is 4.39 Å². The number of ether oxygens (including phenoxy) is 5. The number of carbonyl (C=O) groups excluding carboxylic acids is 4. The van der Waals surface area contributed by atoms with Crippen molar-refractivity contribution < 1.29 is 47.3 Å². The molecule has 5 atom stereocenters. The fraction of sp³-hybridized carbons (Fsp3) is 0.714. The standard InChI is InChI=1S/C14H19FO9/c1-6(16)20-5-10-11(21-7(2)17)12(22-8(3)18)13(14(15)24-10)23-9(4)19/h10-14H,5H2,1-4H3/t10-,11?,12-,13+,14?/m0/s1. The van der Waals surface area contributed by atoms with Gasteiger partial charge < -0.3 is 23.7 Å². The number of hydrogen-bond acceptors (Lipinski definition) is 9. The van der Waals surface area contributed by atoms with Crippen LogP contribution in [0.15, 0.2) is 0 Å². The number of carbonyl (C=O) groups is 4. The zero-order valence-corrected chi connectivity index (χ0v) is 13.6. The summed E-state index contributed by atoms with van der Waals surface area (Å²) in [6.07, 6.45) is -7.85. The topological polar surface area (TPSA) is 114 Å². The van der Waals surface area contributed by atoms with E-state index in [0.29, 0.717) is 0 Å². The van der Waals surface area contributed by atoms with Crippen molar-refractivity contribution in [2.45, 2.75) is 58.5 Å². The largest absolute Gasteiger partial charge is 0.463 e. The molecule has 1 rings (SSSR count). The molecule has 1 saturated heterocycles. The van der Waals surface area contributed by atoms with Gasteiger partial charge in [-0.2, -0.15) is 0 Å². The zero-order valence-electron chi connectivity index (χ0n) is 13.6. The van der Waals surface area contributed by atoms with Gasteiger partial charge in [0.25, 0.3) is 0 Å². The van der Waals surface area contributed by atoms with Gasteiger partial charge in [0.15, 0.2) is 18.3 Å². The third-order valence-corrected chi connectivity index (χ3v) is 2.93. The Hall–Kier alpha value is -2.23. The van der Waals surface area contributed by atoms with Crippen molar-refractivity contribution in [1.29, 1.82) is 0 Å². The van der Waals surface area contributed by atoms with Gasteiger partial charge in [-0.1, -0.05) is 0 Å². The van der Waals surface area contributed by atoms with Crippen LogP contribution in [0, 0.1) is 0 Å². The predicted octanol–water partition coefficient (Wildman–Crippen LogP) is 0.0390. The van der Waals surface area contributed by atoms with E-state index in [9.17, 15) is 23.6 Å². The second kappa shape index (κ2) is 8.57. The lowest BCUT2D eigenvalue weighted by atomic mass is 9.98. The van der Waals surface area contributed by atoms with Gasteiger partial charge in [-0.05, 0) is 0 Å². The molecule has 1 aliphatic rings. The third-order valence-electron chi connectivity index (χ3n) is 2.93. The first-order chi connectivity index (χ1) is 11.1. The Balaban J connectivity index is 3.11. The van der Waals surface area contributed by atoms with Crippen LogP contribution < -0.4 is 0 Å². The lowest BCUT2D eigenvalue weighted by molar-refractivity contribution is -0.277. The summed E-state index contributed by atoms with van der Waals surface area (Å²) in [6, 6.07) is 0. The average molecular weight is 350 g/mol. The molecule has 9 nitrogen and oxygen atoms in total. The quantitative estimate of drug-likeness (QED) is 0.500. The normalized spacial score (nSPS) is 29.3. The summed E-state index contributed by atoms with van der Waals surface area (Å²) in [4.78, 5) is 44.7. The van der Waals surface area contributed by atoms with Crippen LogP contribution in [0.3, 0.4) is 0 Å². The van der Waals surface area contributed by atoms with E-state index in [-0.39, 0.29) is 0 Å². The maximum atomic E-state index is 14.2. The number of hydrogen-bond donors (Lipinski definition) is 0. The summed E-state index contributed by atoms with van der Waals surface area (Å²) >= 11 is 0. The molecule has 136 valence electrons. The van der Waals surface area contributed by atoms with Gasteiger partial charge in [-0.3, -0.25) is 19.2 Å². The molecule has 24 heavy (non-hydrogen) atoms. The van der Waals surface area contributed by atoms with E-state index >= 15 is 0 Å². The summed E-state index contributed by atoms with van der Waals surface area (Å²) in [5, 5.41) is 0. The minimum absolute atomic E-state index is 0.446. The molecule has 1 aliphatic heterocycles. The Morgan fingerprint density at radius 1 is 0.792 bits per heavy atom. The van der Waals surface area contributed by atoms with Crippen LogP contribution in [0.2, 0.25) is 0 Å². The van der Waals surface area contributed by atoms with E-state index in [1.807, 2.05) is 0 Å². The van der Waals surface area contributed by atoms with Gasteiger partial charge >= 0.3 is 23.9 Å². The van der Waals surface area contributed by atoms with Crippen molar-refractivity contribution in [3.05, 3.63) is 0 Å². The van der Waals surface area contributed by atoms with Gasteiger partial charge in [0, 0.05) is 27.7 Å². The van der Waals surface area contributed by atoms with E-state index in [1.54, 1.807) is 0 Å². The van der Waals surface area contributed by atoms with Gasteiger partial charge in [0.1, 0.15) is 12.7 Å². The molecule has 0 aromatic rings. The molecule has 1 heterocycles. The summed E-state index contributed by atoms with van der Waals surface area (Å²) in [7, 11) is 0. The highest BCUT2D eigenvalue weighted by molar-refractivity contribution is 5.68. The Morgan fingerprint density at radius 2 is 1.25 bits per heavy atom. The molecule has 0 aromatic heterocycles. The van der Waals surface area contributed by atoms with Crippen molar-refractivity contribution >= 4 is 23.9 Å². The maximum absolute atomic E-state index is 14.2. The highest BCUT2D eigenvalue weighted by Crippen LogP contribution is 2.29. The second-order valence-corrected chi connectivity index (χ2v) is 5.05. The summed E-state index contributed by atoms with van der Waals surface area (Å²) < 4.78 is 38.7. The van der Waals surface area contributed by atoms with Crippen molar-refractivity contribution in [1.82, 2.24) is 0 Å². The maximum Gasteiger partial charge on any atom is 0.303 e. The number of alkyl halides is 1. The molecular formula is C14H19FO9. The Kier molecular flexibility index (Phi) is 7.08. The first kappa shape index (κ1) is 19.8. The minimum Gasteiger partial charge on any atom is -0.463 e. The van der Waals surface area contributed by atoms with Crippen LogP contribution in [0.25, 0.3) is 0 Å². The van der Waals surface area contributed by atoms with E-state index in [1.165, 1.54) is 0 Å². The third kappa shape index (κ3) is 5.76. The molecule has 0 aliphatic carbocycles. The van der Waals surface area contributed by atoms with Gasteiger partial charge in [0.2, 0.25) is 6.36 Å². The van der Waals surface area contributed by atoms with Gasteiger partial charge in [0.05, 0.1) is 0 Å². The van der Waals surface area contributed by atoms with E-state index < -0.39 is 61.3 Å². The molecule has 0 spiro atoms. The van der Waals surface area contributed by atoms with Gasteiger partial charge in [-0.25, -0.2) is 4.39 Å². The van der Waals surface area contributed by atoms with E-state index in [2.05, 4.69) is 0 Å². The molecule has 0 radical (unpaired) electrons. The lowest BCUT2D eigenvalue weighted by Crippen LogP contribution is -2.61. The SMILES string of the molecule is CC(=O)OC[C@@H]1OC(F)[C@H](OC(C)=O)[C@@H](OC(C)=O)C1OC(C)=O.